The van der Waals surface area contributed by atoms with Crippen LogP contribution in [0.5, 0.6) is 0 Å². The van der Waals surface area contributed by atoms with Crippen LogP contribution >= 0.6 is 0 Å². The molecule has 0 heterocycles. The molecule has 1 atom stereocenters. The summed E-state index contributed by atoms with van der Waals surface area (Å²) in [6, 6.07) is 0. The van der Waals surface area contributed by atoms with Crippen molar-refractivity contribution in [2.45, 2.75) is 47.0 Å². The quantitative estimate of drug-likeness (QED) is 0.304. The lowest BCUT2D eigenvalue weighted by molar-refractivity contribution is -0.127. The number of hydrogen-bond acceptors (Lipinski definition) is 6. The van der Waals surface area contributed by atoms with Gasteiger partial charge in [0.15, 0.2) is 5.78 Å². The summed E-state index contributed by atoms with van der Waals surface area (Å²) >= 11 is 0. The molecule has 0 radical (unpaired) electrons. The average Bonchev–Trinajstić information content (AvgIpc) is 2.61. The first-order valence-electron chi connectivity index (χ1n) is 9.99. The Bertz CT molecular complexity index is 309. The van der Waals surface area contributed by atoms with Crippen LogP contribution in [0.15, 0.2) is 0 Å². The highest BCUT2D eigenvalue weighted by Gasteiger charge is 2.06. The fourth-order valence-corrected chi connectivity index (χ4v) is 2.14. The molecule has 6 nitrogen and oxygen atoms in total. The molecule has 1 unspecified atom stereocenters. The molecule has 0 N–H and O–H groups in total. The van der Waals surface area contributed by atoms with E-state index in [0.717, 1.165) is 18.9 Å². The molecule has 0 saturated heterocycles. The molecule has 0 rings (SSSR count). The van der Waals surface area contributed by atoms with Gasteiger partial charge in [-0.05, 0) is 12.3 Å². The lowest BCUT2D eigenvalue weighted by atomic mass is 10.0. The number of ketones is 1. The van der Waals surface area contributed by atoms with Crippen LogP contribution in [0.1, 0.15) is 47.0 Å². The molecule has 0 saturated carbocycles. The summed E-state index contributed by atoms with van der Waals surface area (Å²) in [6.45, 7) is 13.5. The number of carbonyl (C=O) groups is 1. The first-order chi connectivity index (χ1) is 12.6. The summed E-state index contributed by atoms with van der Waals surface area (Å²) in [4.78, 5) is 11.3. The maximum Gasteiger partial charge on any atom is 0.160 e. The number of rotatable bonds is 20. The van der Waals surface area contributed by atoms with Gasteiger partial charge in [-0.2, -0.15) is 0 Å². The second kappa shape index (κ2) is 19.2. The molecule has 6 heteroatoms. The Labute approximate surface area is 159 Å². The van der Waals surface area contributed by atoms with E-state index in [2.05, 4.69) is 13.8 Å². The van der Waals surface area contributed by atoms with E-state index in [4.69, 9.17) is 23.7 Å². The van der Waals surface area contributed by atoms with Gasteiger partial charge in [0.25, 0.3) is 0 Å². The topological polar surface area (TPSA) is 63.2 Å². The van der Waals surface area contributed by atoms with Crippen LogP contribution < -0.4 is 0 Å². The molecule has 0 aromatic heterocycles. The van der Waals surface area contributed by atoms with Gasteiger partial charge in [-0.15, -0.1) is 0 Å². The van der Waals surface area contributed by atoms with Gasteiger partial charge in [0.05, 0.1) is 52.9 Å². The van der Waals surface area contributed by atoms with Crippen molar-refractivity contribution < 1.29 is 28.5 Å². The number of carbonyl (C=O) groups excluding carboxylic acids is 1. The Kier molecular flexibility index (Phi) is 18.8. The van der Waals surface area contributed by atoms with E-state index >= 15 is 0 Å². The van der Waals surface area contributed by atoms with Crippen LogP contribution in [-0.4, -0.2) is 71.9 Å². The first-order valence-corrected chi connectivity index (χ1v) is 9.99. The normalized spacial score (nSPS) is 12.7. The molecule has 0 aliphatic carbocycles. The molecule has 156 valence electrons. The van der Waals surface area contributed by atoms with Gasteiger partial charge in [0.2, 0.25) is 0 Å². The number of ether oxygens (including phenoxy) is 5. The van der Waals surface area contributed by atoms with E-state index in [1.54, 1.807) is 0 Å². The molecule has 0 bridgehead atoms. The van der Waals surface area contributed by atoms with Crippen LogP contribution in [0.3, 0.4) is 0 Å². The maximum atomic E-state index is 11.3. The zero-order chi connectivity index (χ0) is 19.5. The van der Waals surface area contributed by atoms with Crippen LogP contribution in [0.4, 0.5) is 0 Å². The summed E-state index contributed by atoms with van der Waals surface area (Å²) in [5, 5.41) is 0. The van der Waals surface area contributed by atoms with Gasteiger partial charge < -0.3 is 23.7 Å². The van der Waals surface area contributed by atoms with Gasteiger partial charge in [-0.25, -0.2) is 0 Å². The fraction of sp³-hybridized carbons (Fsp3) is 0.950. The Morgan fingerprint density at radius 3 is 1.50 bits per heavy atom. The largest absolute Gasteiger partial charge is 0.379 e. The molecular formula is C20H40O6. The molecule has 26 heavy (non-hydrogen) atoms. The standard InChI is InChI=1S/C20H40O6/c1-5-6-19(4)7-8-22-9-10-23-11-12-24-13-14-25-15-16-26-17-20(21)18(2)3/h18-19H,5-17H2,1-4H3. The monoisotopic (exact) mass is 376 g/mol. The van der Waals surface area contributed by atoms with Crippen molar-refractivity contribution in [2.75, 3.05) is 66.1 Å². The predicted octanol–water partition coefficient (Wildman–Crippen LogP) is 3.12. The summed E-state index contributed by atoms with van der Waals surface area (Å²) in [7, 11) is 0. The van der Waals surface area contributed by atoms with Crippen LogP contribution in [0.2, 0.25) is 0 Å². The van der Waals surface area contributed by atoms with E-state index < -0.39 is 0 Å². The number of Topliss-reactive ketones (excluding diaryl/α,β-unsaturated/α-hetero) is 1. The van der Waals surface area contributed by atoms with Crippen LogP contribution in [-0.2, 0) is 28.5 Å². The Balaban J connectivity index is 3.10. The zero-order valence-electron chi connectivity index (χ0n) is 17.3. The van der Waals surface area contributed by atoms with E-state index in [9.17, 15) is 4.79 Å². The molecule has 0 amide bonds. The molecule has 0 fully saturated rings. The molecule has 0 spiro atoms. The van der Waals surface area contributed by atoms with Crippen molar-refractivity contribution in [3.05, 3.63) is 0 Å². The van der Waals surface area contributed by atoms with Gasteiger partial charge in [0.1, 0.15) is 6.61 Å². The predicted molar refractivity (Wildman–Crippen MR) is 103 cm³/mol. The van der Waals surface area contributed by atoms with E-state index in [0.29, 0.717) is 52.9 Å². The smallest absolute Gasteiger partial charge is 0.160 e. The van der Waals surface area contributed by atoms with Crippen LogP contribution in [0, 0.1) is 11.8 Å². The lowest BCUT2D eigenvalue weighted by Crippen LogP contribution is -2.17. The lowest BCUT2D eigenvalue weighted by Gasteiger charge is -2.10. The van der Waals surface area contributed by atoms with Crippen molar-refractivity contribution in [2.24, 2.45) is 11.8 Å². The fourth-order valence-electron chi connectivity index (χ4n) is 2.14. The molecule has 0 aromatic rings. The Morgan fingerprint density at radius 2 is 1.08 bits per heavy atom. The van der Waals surface area contributed by atoms with Crippen molar-refractivity contribution in [3.63, 3.8) is 0 Å². The summed E-state index contributed by atoms with van der Waals surface area (Å²) in [6.07, 6.45) is 3.63. The van der Waals surface area contributed by atoms with E-state index in [1.807, 2.05) is 13.8 Å². The van der Waals surface area contributed by atoms with Crippen molar-refractivity contribution in [3.8, 4) is 0 Å². The minimum Gasteiger partial charge on any atom is -0.379 e. The van der Waals surface area contributed by atoms with Gasteiger partial charge in [-0.3, -0.25) is 4.79 Å². The highest BCUT2D eigenvalue weighted by Crippen LogP contribution is 2.09. The van der Waals surface area contributed by atoms with Gasteiger partial charge in [0, 0.05) is 12.5 Å². The maximum absolute atomic E-state index is 11.3. The third-order valence-electron chi connectivity index (χ3n) is 3.91. The van der Waals surface area contributed by atoms with Crippen molar-refractivity contribution in [1.82, 2.24) is 0 Å². The SMILES string of the molecule is CCCC(C)CCOCCOCCOCCOCCOCC(=O)C(C)C. The third kappa shape index (κ3) is 18.3. The van der Waals surface area contributed by atoms with Crippen molar-refractivity contribution in [1.29, 1.82) is 0 Å². The molecule has 0 aromatic carbocycles. The Hall–Kier alpha value is -0.530. The average molecular weight is 377 g/mol. The van der Waals surface area contributed by atoms with E-state index in [1.165, 1.54) is 12.8 Å². The Morgan fingerprint density at radius 1 is 0.654 bits per heavy atom. The third-order valence-corrected chi connectivity index (χ3v) is 3.91. The van der Waals surface area contributed by atoms with Gasteiger partial charge >= 0.3 is 0 Å². The summed E-state index contributed by atoms with van der Waals surface area (Å²) in [5.41, 5.74) is 0. The van der Waals surface area contributed by atoms with E-state index in [-0.39, 0.29) is 18.3 Å². The minimum atomic E-state index is 0.0209. The second-order valence-electron chi connectivity index (χ2n) is 6.81. The highest BCUT2D eigenvalue weighted by molar-refractivity contribution is 5.81. The van der Waals surface area contributed by atoms with Crippen LogP contribution in [0.25, 0.3) is 0 Å². The summed E-state index contributed by atoms with van der Waals surface area (Å²) < 4.78 is 27.0. The zero-order valence-corrected chi connectivity index (χ0v) is 17.3. The minimum absolute atomic E-state index is 0.0209. The second-order valence-corrected chi connectivity index (χ2v) is 6.81. The molecule has 0 aliphatic heterocycles. The summed E-state index contributed by atoms with van der Waals surface area (Å²) in [5.74, 6) is 0.878. The molecule has 0 aliphatic rings. The van der Waals surface area contributed by atoms with Gasteiger partial charge in [-0.1, -0.05) is 40.5 Å². The first kappa shape index (κ1) is 25.5. The molecular weight excluding hydrogens is 336 g/mol. The number of hydrogen-bond donors (Lipinski definition) is 0. The van der Waals surface area contributed by atoms with Crippen molar-refractivity contribution >= 4 is 5.78 Å². The highest BCUT2D eigenvalue weighted by atomic mass is 16.6.